The highest BCUT2D eigenvalue weighted by molar-refractivity contribution is 7.92. The van der Waals surface area contributed by atoms with Gasteiger partial charge < -0.3 is 10.1 Å². The molecule has 0 aliphatic carbocycles. The second kappa shape index (κ2) is 10.5. The highest BCUT2D eigenvalue weighted by Gasteiger charge is 2.22. The van der Waals surface area contributed by atoms with Crippen molar-refractivity contribution in [2.75, 3.05) is 17.1 Å². The summed E-state index contributed by atoms with van der Waals surface area (Å²) in [5.74, 6) is -0.0525. The third-order valence-electron chi connectivity index (χ3n) is 5.04. The van der Waals surface area contributed by atoms with Gasteiger partial charge in [0, 0.05) is 6.54 Å². The number of hydrogen-bond acceptors (Lipinski definition) is 4. The van der Waals surface area contributed by atoms with E-state index >= 15 is 0 Å². The average Bonchev–Trinajstić information content (AvgIpc) is 2.76. The number of halogens is 1. The maximum Gasteiger partial charge on any atom is 0.241 e. The molecule has 1 N–H and O–H groups in total. The van der Waals surface area contributed by atoms with E-state index in [4.69, 9.17) is 4.74 Å². The van der Waals surface area contributed by atoms with Crippen LogP contribution in [0.1, 0.15) is 22.3 Å². The standard InChI is InChI=1S/C25H27FN2O4S/c1-18-4-13-24(19(2)14-18)28(33(3,30)31)16-25(29)27-15-20-7-11-23(12-8-20)32-17-21-5-9-22(26)10-6-21/h4-14H,15-17H2,1-3H3,(H,27,29). The zero-order valence-corrected chi connectivity index (χ0v) is 19.7. The van der Waals surface area contributed by atoms with Gasteiger partial charge in [-0.1, -0.05) is 42.0 Å². The molecule has 174 valence electrons. The average molecular weight is 471 g/mol. The maximum absolute atomic E-state index is 13.0. The Morgan fingerprint density at radius 2 is 1.61 bits per heavy atom. The largest absolute Gasteiger partial charge is 0.489 e. The minimum Gasteiger partial charge on any atom is -0.489 e. The first-order valence-corrected chi connectivity index (χ1v) is 12.2. The van der Waals surface area contributed by atoms with E-state index in [1.54, 1.807) is 30.3 Å². The van der Waals surface area contributed by atoms with Crippen molar-refractivity contribution < 1.29 is 22.3 Å². The van der Waals surface area contributed by atoms with Gasteiger partial charge in [0.25, 0.3) is 0 Å². The monoisotopic (exact) mass is 470 g/mol. The minimum absolute atomic E-state index is 0.252. The molecule has 0 saturated heterocycles. The van der Waals surface area contributed by atoms with Crippen LogP contribution in [0.3, 0.4) is 0 Å². The van der Waals surface area contributed by atoms with Gasteiger partial charge in [-0.05, 0) is 60.9 Å². The molecular weight excluding hydrogens is 443 g/mol. The molecule has 0 heterocycles. The summed E-state index contributed by atoms with van der Waals surface area (Å²) in [6.07, 6.45) is 1.09. The number of nitrogens with zero attached hydrogens (tertiary/aromatic N) is 1. The van der Waals surface area contributed by atoms with Crippen LogP contribution in [0.5, 0.6) is 5.75 Å². The number of rotatable bonds is 9. The molecule has 33 heavy (non-hydrogen) atoms. The fraction of sp³-hybridized carbons (Fsp3) is 0.240. The number of anilines is 1. The van der Waals surface area contributed by atoms with E-state index in [1.165, 1.54) is 12.1 Å². The fourth-order valence-electron chi connectivity index (χ4n) is 3.30. The zero-order chi connectivity index (χ0) is 24.0. The Morgan fingerprint density at radius 1 is 0.970 bits per heavy atom. The van der Waals surface area contributed by atoms with Crippen LogP contribution < -0.4 is 14.4 Å². The van der Waals surface area contributed by atoms with Crippen molar-refractivity contribution in [3.63, 3.8) is 0 Å². The van der Waals surface area contributed by atoms with E-state index in [-0.39, 0.29) is 18.9 Å². The molecule has 0 spiro atoms. The molecule has 0 aliphatic rings. The Kier molecular flexibility index (Phi) is 7.71. The van der Waals surface area contributed by atoms with Gasteiger partial charge in [0.15, 0.2) is 0 Å². The smallest absolute Gasteiger partial charge is 0.241 e. The lowest BCUT2D eigenvalue weighted by molar-refractivity contribution is -0.119. The van der Waals surface area contributed by atoms with E-state index in [1.807, 2.05) is 38.1 Å². The number of ether oxygens (including phenoxy) is 1. The lowest BCUT2D eigenvalue weighted by Gasteiger charge is -2.24. The number of sulfonamides is 1. The van der Waals surface area contributed by atoms with E-state index in [0.717, 1.165) is 32.8 Å². The van der Waals surface area contributed by atoms with Gasteiger partial charge in [-0.15, -0.1) is 0 Å². The van der Waals surface area contributed by atoms with Crippen molar-refractivity contribution >= 4 is 21.6 Å². The molecule has 8 heteroatoms. The summed E-state index contributed by atoms with van der Waals surface area (Å²) in [4.78, 5) is 12.5. The Balaban J connectivity index is 1.56. The van der Waals surface area contributed by atoms with E-state index in [2.05, 4.69) is 5.32 Å². The molecule has 3 aromatic carbocycles. The number of aryl methyl sites for hydroxylation is 2. The fourth-order valence-corrected chi connectivity index (χ4v) is 4.22. The summed E-state index contributed by atoms with van der Waals surface area (Å²) in [5.41, 5.74) is 3.98. The van der Waals surface area contributed by atoms with Gasteiger partial charge in [-0.3, -0.25) is 9.10 Å². The Bertz CT molecular complexity index is 1210. The highest BCUT2D eigenvalue weighted by atomic mass is 32.2. The third kappa shape index (κ3) is 7.05. The quantitative estimate of drug-likeness (QED) is 0.511. The molecule has 0 aromatic heterocycles. The van der Waals surface area contributed by atoms with Gasteiger partial charge in [0.2, 0.25) is 15.9 Å². The summed E-state index contributed by atoms with van der Waals surface area (Å²) in [5, 5.41) is 2.76. The Morgan fingerprint density at radius 3 is 2.21 bits per heavy atom. The lowest BCUT2D eigenvalue weighted by atomic mass is 10.1. The van der Waals surface area contributed by atoms with Crippen LogP contribution in [0, 0.1) is 19.7 Å². The summed E-state index contributed by atoms with van der Waals surface area (Å²) in [6.45, 7) is 4.00. The molecule has 3 aromatic rings. The SMILES string of the molecule is Cc1ccc(N(CC(=O)NCc2ccc(OCc3ccc(F)cc3)cc2)S(C)(=O)=O)c(C)c1. The third-order valence-corrected chi connectivity index (χ3v) is 6.17. The van der Waals surface area contributed by atoms with Crippen LogP contribution in [-0.4, -0.2) is 27.1 Å². The molecule has 0 fully saturated rings. The molecule has 1 amide bonds. The van der Waals surface area contributed by atoms with Crippen LogP contribution >= 0.6 is 0 Å². The second-order valence-corrected chi connectivity index (χ2v) is 9.80. The number of benzene rings is 3. The highest BCUT2D eigenvalue weighted by Crippen LogP contribution is 2.23. The Hall–Kier alpha value is -3.39. The molecule has 0 atom stereocenters. The number of nitrogens with one attached hydrogen (secondary N) is 1. The molecule has 0 unspecified atom stereocenters. The van der Waals surface area contributed by atoms with Gasteiger partial charge in [0.1, 0.15) is 24.7 Å². The second-order valence-electron chi connectivity index (χ2n) is 7.90. The predicted molar refractivity (Wildman–Crippen MR) is 127 cm³/mol. The van der Waals surface area contributed by atoms with Gasteiger partial charge in [-0.25, -0.2) is 12.8 Å². The first-order valence-electron chi connectivity index (χ1n) is 10.4. The van der Waals surface area contributed by atoms with Crippen LogP contribution in [0.25, 0.3) is 0 Å². The van der Waals surface area contributed by atoms with Crippen molar-refractivity contribution in [2.45, 2.75) is 27.0 Å². The molecule has 3 rings (SSSR count). The lowest BCUT2D eigenvalue weighted by Crippen LogP contribution is -2.40. The van der Waals surface area contributed by atoms with E-state index in [9.17, 15) is 17.6 Å². The van der Waals surface area contributed by atoms with Crippen LogP contribution in [0.4, 0.5) is 10.1 Å². The number of amides is 1. The van der Waals surface area contributed by atoms with Crippen LogP contribution in [0.2, 0.25) is 0 Å². The van der Waals surface area contributed by atoms with Crippen molar-refractivity contribution in [1.82, 2.24) is 5.32 Å². The Labute approximate surface area is 194 Å². The normalized spacial score (nSPS) is 11.2. The number of carbonyl (C=O) groups is 1. The van der Waals surface area contributed by atoms with Crippen molar-refractivity contribution in [3.05, 3.63) is 94.8 Å². The van der Waals surface area contributed by atoms with Crippen molar-refractivity contribution in [3.8, 4) is 5.75 Å². The summed E-state index contributed by atoms with van der Waals surface area (Å²) < 4.78 is 44.4. The van der Waals surface area contributed by atoms with Gasteiger partial charge in [0.05, 0.1) is 11.9 Å². The predicted octanol–water partition coefficient (Wildman–Crippen LogP) is 4.10. The van der Waals surface area contributed by atoms with Crippen molar-refractivity contribution in [1.29, 1.82) is 0 Å². The molecule has 0 aliphatic heterocycles. The van der Waals surface area contributed by atoms with Crippen LogP contribution in [0.15, 0.2) is 66.7 Å². The number of carbonyl (C=O) groups excluding carboxylic acids is 1. The minimum atomic E-state index is -3.63. The first-order chi connectivity index (χ1) is 15.6. The molecule has 6 nitrogen and oxygen atoms in total. The van der Waals surface area contributed by atoms with Gasteiger partial charge >= 0.3 is 0 Å². The molecule has 0 radical (unpaired) electrons. The molecule has 0 bridgehead atoms. The zero-order valence-electron chi connectivity index (χ0n) is 18.8. The molecule has 0 saturated carbocycles. The van der Waals surface area contributed by atoms with Crippen LogP contribution in [-0.2, 0) is 28.0 Å². The van der Waals surface area contributed by atoms with Gasteiger partial charge in [-0.2, -0.15) is 0 Å². The topological polar surface area (TPSA) is 75.7 Å². The molecular formula is C25H27FN2O4S. The summed E-state index contributed by atoms with van der Waals surface area (Å²) >= 11 is 0. The number of hydrogen-bond donors (Lipinski definition) is 1. The summed E-state index contributed by atoms with van der Waals surface area (Å²) in [7, 11) is -3.63. The van der Waals surface area contributed by atoms with E-state index in [0.29, 0.717) is 18.0 Å². The first kappa shape index (κ1) is 24.3. The summed E-state index contributed by atoms with van der Waals surface area (Å²) in [6, 6.07) is 18.7. The van der Waals surface area contributed by atoms with Crippen molar-refractivity contribution in [2.24, 2.45) is 0 Å². The maximum atomic E-state index is 13.0. The van der Waals surface area contributed by atoms with E-state index < -0.39 is 15.9 Å².